The van der Waals surface area contributed by atoms with Crippen molar-refractivity contribution in [2.45, 2.75) is 64.3 Å². The van der Waals surface area contributed by atoms with Gasteiger partial charge in [-0.25, -0.2) is 0 Å². The van der Waals surface area contributed by atoms with Gasteiger partial charge in [0.15, 0.2) is 0 Å². The van der Waals surface area contributed by atoms with Crippen LogP contribution < -0.4 is 0 Å². The van der Waals surface area contributed by atoms with Gasteiger partial charge >= 0.3 is 0 Å². The van der Waals surface area contributed by atoms with Crippen LogP contribution in [0.1, 0.15) is 58.3 Å². The molecule has 1 atom stereocenters. The minimum Gasteiger partial charge on any atom is -0.302 e. The van der Waals surface area contributed by atoms with Gasteiger partial charge in [-0.3, -0.25) is 9.69 Å². The molecule has 3 nitrogen and oxygen atoms in total. The SMILES string of the molecule is CC(=O)CC1CCCCCN1CCN1CCCCC1. The Morgan fingerprint density at radius 1 is 0.947 bits per heavy atom. The molecule has 0 aliphatic carbocycles. The summed E-state index contributed by atoms with van der Waals surface area (Å²) < 4.78 is 0. The number of rotatable bonds is 5. The van der Waals surface area contributed by atoms with E-state index < -0.39 is 0 Å². The topological polar surface area (TPSA) is 23.6 Å². The van der Waals surface area contributed by atoms with Crippen LogP contribution in [0.2, 0.25) is 0 Å². The van der Waals surface area contributed by atoms with Crippen molar-refractivity contribution in [1.82, 2.24) is 9.80 Å². The summed E-state index contributed by atoms with van der Waals surface area (Å²) in [5.74, 6) is 0.356. The van der Waals surface area contributed by atoms with E-state index in [-0.39, 0.29) is 0 Å². The summed E-state index contributed by atoms with van der Waals surface area (Å²) in [5, 5.41) is 0. The first kappa shape index (κ1) is 15.0. The van der Waals surface area contributed by atoms with Crippen molar-refractivity contribution in [1.29, 1.82) is 0 Å². The maximum Gasteiger partial charge on any atom is 0.131 e. The van der Waals surface area contributed by atoms with Crippen LogP contribution in [0.4, 0.5) is 0 Å². The second-order valence-electron chi connectivity index (χ2n) is 6.35. The summed E-state index contributed by atoms with van der Waals surface area (Å²) in [6.07, 6.45) is 10.1. The highest BCUT2D eigenvalue weighted by Crippen LogP contribution is 2.19. The van der Waals surface area contributed by atoms with Gasteiger partial charge in [0.25, 0.3) is 0 Å². The number of hydrogen-bond acceptors (Lipinski definition) is 3. The molecule has 110 valence electrons. The molecule has 2 fully saturated rings. The molecule has 1 unspecified atom stereocenters. The molecule has 2 heterocycles. The number of hydrogen-bond donors (Lipinski definition) is 0. The molecule has 0 aromatic heterocycles. The highest BCUT2D eigenvalue weighted by Gasteiger charge is 2.22. The summed E-state index contributed by atoms with van der Waals surface area (Å²) in [6, 6.07) is 0.518. The smallest absolute Gasteiger partial charge is 0.131 e. The average molecular weight is 266 g/mol. The van der Waals surface area contributed by atoms with E-state index >= 15 is 0 Å². The fourth-order valence-electron chi connectivity index (χ4n) is 3.55. The van der Waals surface area contributed by atoms with Gasteiger partial charge in [0.05, 0.1) is 0 Å². The number of carbonyl (C=O) groups excluding carboxylic acids is 1. The molecule has 0 amide bonds. The predicted octanol–water partition coefficient (Wildman–Crippen LogP) is 2.70. The van der Waals surface area contributed by atoms with Crippen molar-refractivity contribution in [3.05, 3.63) is 0 Å². The minimum absolute atomic E-state index is 0.356. The van der Waals surface area contributed by atoms with Crippen LogP contribution in [0.25, 0.3) is 0 Å². The lowest BCUT2D eigenvalue weighted by Gasteiger charge is -2.33. The zero-order valence-electron chi connectivity index (χ0n) is 12.6. The van der Waals surface area contributed by atoms with Crippen molar-refractivity contribution >= 4 is 5.78 Å². The van der Waals surface area contributed by atoms with E-state index in [0.29, 0.717) is 11.8 Å². The molecule has 0 radical (unpaired) electrons. The Kier molecular flexibility index (Phi) is 6.32. The Labute approximate surface area is 118 Å². The summed E-state index contributed by atoms with van der Waals surface area (Å²) in [7, 11) is 0. The van der Waals surface area contributed by atoms with Crippen molar-refractivity contribution in [3.63, 3.8) is 0 Å². The van der Waals surface area contributed by atoms with Crippen LogP contribution >= 0.6 is 0 Å². The van der Waals surface area contributed by atoms with Crippen LogP contribution in [-0.4, -0.2) is 54.3 Å². The van der Waals surface area contributed by atoms with Gasteiger partial charge in [-0.1, -0.05) is 19.3 Å². The lowest BCUT2D eigenvalue weighted by atomic mass is 10.0. The largest absolute Gasteiger partial charge is 0.302 e. The molecule has 2 aliphatic heterocycles. The molecule has 19 heavy (non-hydrogen) atoms. The van der Waals surface area contributed by atoms with E-state index in [2.05, 4.69) is 9.80 Å². The quantitative estimate of drug-likeness (QED) is 0.764. The number of likely N-dealkylation sites (tertiary alicyclic amines) is 2. The van der Waals surface area contributed by atoms with Crippen LogP contribution in [0.3, 0.4) is 0 Å². The van der Waals surface area contributed by atoms with Crippen molar-refractivity contribution in [3.8, 4) is 0 Å². The molecule has 0 bridgehead atoms. The molecule has 0 spiro atoms. The Balaban J connectivity index is 1.80. The highest BCUT2D eigenvalue weighted by atomic mass is 16.1. The fourth-order valence-corrected chi connectivity index (χ4v) is 3.55. The van der Waals surface area contributed by atoms with Crippen LogP contribution in [0.15, 0.2) is 0 Å². The summed E-state index contributed by atoms with van der Waals surface area (Å²) in [4.78, 5) is 16.6. The third-order valence-electron chi connectivity index (χ3n) is 4.67. The van der Waals surface area contributed by atoms with Gasteiger partial charge in [-0.15, -0.1) is 0 Å². The lowest BCUT2D eigenvalue weighted by molar-refractivity contribution is -0.118. The van der Waals surface area contributed by atoms with E-state index in [1.165, 1.54) is 71.1 Å². The third-order valence-corrected chi connectivity index (χ3v) is 4.67. The molecule has 0 aromatic rings. The Bertz CT molecular complexity index is 274. The summed E-state index contributed by atoms with van der Waals surface area (Å²) >= 11 is 0. The number of piperidine rings is 1. The van der Waals surface area contributed by atoms with Gasteiger partial charge in [0.2, 0.25) is 0 Å². The fraction of sp³-hybridized carbons (Fsp3) is 0.938. The van der Waals surface area contributed by atoms with Crippen LogP contribution in [0, 0.1) is 0 Å². The van der Waals surface area contributed by atoms with Gasteiger partial charge in [0, 0.05) is 25.6 Å². The monoisotopic (exact) mass is 266 g/mol. The standard InChI is InChI=1S/C16H30N2O/c1-15(19)14-16-8-4-2-7-11-18(16)13-12-17-9-5-3-6-10-17/h16H,2-14H2,1H3. The lowest BCUT2D eigenvalue weighted by Crippen LogP contribution is -2.42. The molecular formula is C16H30N2O. The summed E-state index contributed by atoms with van der Waals surface area (Å²) in [5.41, 5.74) is 0. The number of Topliss-reactive ketones (excluding diaryl/α,β-unsaturated/α-hetero) is 1. The second-order valence-corrected chi connectivity index (χ2v) is 6.35. The van der Waals surface area contributed by atoms with E-state index in [1.807, 2.05) is 0 Å². The summed E-state index contributed by atoms with van der Waals surface area (Å²) in [6.45, 7) is 7.88. The predicted molar refractivity (Wildman–Crippen MR) is 79.4 cm³/mol. The number of ketones is 1. The highest BCUT2D eigenvalue weighted by molar-refractivity contribution is 5.76. The third kappa shape index (κ3) is 5.23. The molecule has 0 N–H and O–H groups in total. The Morgan fingerprint density at radius 2 is 1.63 bits per heavy atom. The normalized spacial score (nSPS) is 27.1. The van der Waals surface area contributed by atoms with Crippen molar-refractivity contribution < 1.29 is 4.79 Å². The maximum absolute atomic E-state index is 11.4. The first-order chi connectivity index (χ1) is 9.25. The number of carbonyl (C=O) groups is 1. The molecule has 2 saturated heterocycles. The van der Waals surface area contributed by atoms with Crippen LogP contribution in [0.5, 0.6) is 0 Å². The van der Waals surface area contributed by atoms with Gasteiger partial charge in [-0.2, -0.15) is 0 Å². The van der Waals surface area contributed by atoms with Crippen molar-refractivity contribution in [2.75, 3.05) is 32.7 Å². The van der Waals surface area contributed by atoms with Gasteiger partial charge in [0.1, 0.15) is 5.78 Å². The maximum atomic E-state index is 11.4. The molecular weight excluding hydrogens is 236 g/mol. The average Bonchev–Trinajstić information content (AvgIpc) is 2.62. The van der Waals surface area contributed by atoms with E-state index in [4.69, 9.17) is 0 Å². The second kappa shape index (κ2) is 8.01. The minimum atomic E-state index is 0.356. The molecule has 2 rings (SSSR count). The number of nitrogens with zero attached hydrogens (tertiary/aromatic N) is 2. The first-order valence-corrected chi connectivity index (χ1v) is 8.21. The Hall–Kier alpha value is -0.410. The Morgan fingerprint density at radius 3 is 2.37 bits per heavy atom. The molecule has 0 aromatic carbocycles. The van der Waals surface area contributed by atoms with Gasteiger partial charge in [-0.05, 0) is 52.2 Å². The van der Waals surface area contributed by atoms with Gasteiger partial charge < -0.3 is 4.90 Å². The zero-order chi connectivity index (χ0) is 13.5. The molecule has 3 heteroatoms. The van der Waals surface area contributed by atoms with E-state index in [9.17, 15) is 4.79 Å². The zero-order valence-corrected chi connectivity index (χ0v) is 12.6. The van der Waals surface area contributed by atoms with E-state index in [0.717, 1.165) is 13.0 Å². The van der Waals surface area contributed by atoms with Crippen molar-refractivity contribution in [2.24, 2.45) is 0 Å². The van der Waals surface area contributed by atoms with E-state index in [1.54, 1.807) is 6.92 Å². The molecule has 2 aliphatic rings. The first-order valence-electron chi connectivity index (χ1n) is 8.21. The van der Waals surface area contributed by atoms with Crippen LogP contribution in [-0.2, 0) is 4.79 Å². The molecule has 0 saturated carbocycles.